The van der Waals surface area contributed by atoms with Crippen LogP contribution in [-0.4, -0.2) is 56.0 Å². The molecule has 0 aliphatic carbocycles. The molecule has 0 aromatic heterocycles. The maximum atomic E-state index is 14.1. The standard InChI is InChI=1S/C16H37O10P3/c1-7-21-27(18,22-8-2)16(14-13-15-17,28(19,23-9-3)24-10-4)29(20,25-11-5)26-12-6/h17H,7-15H2,1-6H3. The first-order chi connectivity index (χ1) is 13.7. The fourth-order valence-electron chi connectivity index (χ4n) is 2.93. The Labute approximate surface area is 174 Å². The Morgan fingerprint density at radius 2 is 0.828 bits per heavy atom. The van der Waals surface area contributed by atoms with Crippen molar-refractivity contribution in [2.45, 2.75) is 59.0 Å². The summed E-state index contributed by atoms with van der Waals surface area (Å²) >= 11 is 0. The van der Waals surface area contributed by atoms with Gasteiger partial charge in [0.25, 0.3) is 4.64 Å². The second kappa shape index (κ2) is 13.7. The number of hydrogen-bond acceptors (Lipinski definition) is 10. The molecular formula is C16H37O10P3. The van der Waals surface area contributed by atoms with E-state index >= 15 is 0 Å². The zero-order valence-corrected chi connectivity index (χ0v) is 21.0. The van der Waals surface area contributed by atoms with E-state index in [4.69, 9.17) is 27.1 Å². The Bertz CT molecular complexity index is 493. The van der Waals surface area contributed by atoms with Crippen molar-refractivity contribution in [1.82, 2.24) is 0 Å². The van der Waals surface area contributed by atoms with Crippen molar-refractivity contribution in [3.05, 3.63) is 0 Å². The van der Waals surface area contributed by atoms with Gasteiger partial charge in [-0.05, 0) is 54.4 Å². The van der Waals surface area contributed by atoms with Crippen LogP contribution in [0, 0.1) is 0 Å². The van der Waals surface area contributed by atoms with Gasteiger partial charge in [-0.1, -0.05) is 0 Å². The van der Waals surface area contributed by atoms with Crippen LogP contribution in [0.3, 0.4) is 0 Å². The molecule has 0 aliphatic heterocycles. The molecule has 0 aliphatic rings. The van der Waals surface area contributed by atoms with E-state index in [0.29, 0.717) is 0 Å². The lowest BCUT2D eigenvalue weighted by molar-refractivity contribution is 0.161. The summed E-state index contributed by atoms with van der Waals surface area (Å²) in [5, 5.41) is 9.49. The van der Waals surface area contributed by atoms with Gasteiger partial charge in [-0.2, -0.15) is 0 Å². The topological polar surface area (TPSA) is 127 Å². The molecule has 0 aromatic rings. The van der Waals surface area contributed by atoms with Crippen LogP contribution in [0.2, 0.25) is 0 Å². The van der Waals surface area contributed by atoms with Crippen molar-refractivity contribution in [1.29, 1.82) is 0 Å². The van der Waals surface area contributed by atoms with Gasteiger partial charge in [0.15, 0.2) is 0 Å². The highest BCUT2D eigenvalue weighted by Crippen LogP contribution is 2.92. The Morgan fingerprint density at radius 1 is 0.586 bits per heavy atom. The van der Waals surface area contributed by atoms with Gasteiger partial charge < -0.3 is 32.2 Å². The zero-order valence-electron chi connectivity index (χ0n) is 18.3. The van der Waals surface area contributed by atoms with Gasteiger partial charge in [0, 0.05) is 6.61 Å². The van der Waals surface area contributed by atoms with Crippen molar-refractivity contribution < 1.29 is 45.9 Å². The van der Waals surface area contributed by atoms with Gasteiger partial charge in [-0.3, -0.25) is 13.7 Å². The molecule has 0 heterocycles. The van der Waals surface area contributed by atoms with Crippen molar-refractivity contribution in [3.8, 4) is 0 Å². The molecule has 176 valence electrons. The molecule has 0 atom stereocenters. The lowest BCUT2D eigenvalue weighted by Gasteiger charge is -2.44. The lowest BCUT2D eigenvalue weighted by atomic mass is 10.3. The van der Waals surface area contributed by atoms with Gasteiger partial charge >= 0.3 is 22.8 Å². The van der Waals surface area contributed by atoms with Gasteiger partial charge in [-0.25, -0.2) is 0 Å². The summed E-state index contributed by atoms with van der Waals surface area (Å²) in [5.74, 6) is 0. The van der Waals surface area contributed by atoms with E-state index in [-0.39, 0.29) is 59.1 Å². The number of rotatable bonds is 18. The Kier molecular flexibility index (Phi) is 13.9. The second-order valence-electron chi connectivity index (χ2n) is 5.60. The molecule has 0 amide bonds. The van der Waals surface area contributed by atoms with Crippen LogP contribution in [-0.2, 0) is 40.8 Å². The van der Waals surface area contributed by atoms with E-state index in [1.165, 1.54) is 0 Å². The molecule has 0 aromatic carbocycles. The van der Waals surface area contributed by atoms with Crippen LogP contribution in [0.5, 0.6) is 0 Å². The summed E-state index contributed by atoms with van der Waals surface area (Å²) in [7, 11) is -13.5. The third kappa shape index (κ3) is 6.23. The van der Waals surface area contributed by atoms with E-state index in [1.54, 1.807) is 41.5 Å². The smallest absolute Gasteiger partial charge is 0.361 e. The molecule has 29 heavy (non-hydrogen) atoms. The summed E-state index contributed by atoms with van der Waals surface area (Å²) < 4.78 is 73.0. The van der Waals surface area contributed by atoms with Crippen LogP contribution in [0.25, 0.3) is 0 Å². The molecule has 1 N–H and O–H groups in total. The Balaban J connectivity index is 7.35. The highest BCUT2D eigenvalue weighted by molar-refractivity contribution is 7.90. The van der Waals surface area contributed by atoms with Gasteiger partial charge in [0.1, 0.15) is 0 Å². The van der Waals surface area contributed by atoms with Crippen LogP contribution >= 0.6 is 22.8 Å². The zero-order chi connectivity index (χ0) is 22.6. The largest absolute Gasteiger partial charge is 0.396 e. The maximum Gasteiger partial charge on any atom is 0.361 e. The highest BCUT2D eigenvalue weighted by Gasteiger charge is 2.76. The summed E-state index contributed by atoms with van der Waals surface area (Å²) in [6.45, 7) is 8.53. The van der Waals surface area contributed by atoms with E-state index in [1.807, 2.05) is 0 Å². The summed E-state index contributed by atoms with van der Waals surface area (Å²) in [6, 6.07) is 0. The summed E-state index contributed by atoms with van der Waals surface area (Å²) in [5.41, 5.74) is 0. The molecule has 13 heteroatoms. The quantitative estimate of drug-likeness (QED) is 0.260. The van der Waals surface area contributed by atoms with Crippen molar-refractivity contribution in [2.75, 3.05) is 46.2 Å². The van der Waals surface area contributed by atoms with Crippen molar-refractivity contribution in [2.24, 2.45) is 0 Å². The van der Waals surface area contributed by atoms with E-state index in [0.717, 1.165) is 0 Å². The van der Waals surface area contributed by atoms with Gasteiger partial charge in [0.2, 0.25) is 0 Å². The molecule has 10 nitrogen and oxygen atoms in total. The summed E-state index contributed by atoms with van der Waals surface area (Å²) in [4.78, 5) is 0. The molecule has 0 rings (SSSR count). The third-order valence-corrected chi connectivity index (χ3v) is 15.1. The molecule has 0 saturated heterocycles. The predicted molar refractivity (Wildman–Crippen MR) is 112 cm³/mol. The number of hydrogen-bond donors (Lipinski definition) is 1. The van der Waals surface area contributed by atoms with Crippen molar-refractivity contribution >= 4 is 22.8 Å². The van der Waals surface area contributed by atoms with Gasteiger partial charge in [-0.15, -0.1) is 0 Å². The number of aliphatic hydroxyl groups excluding tert-OH is 1. The third-order valence-electron chi connectivity index (χ3n) is 3.78. The van der Waals surface area contributed by atoms with Crippen molar-refractivity contribution in [3.63, 3.8) is 0 Å². The second-order valence-corrected chi connectivity index (χ2v) is 13.5. The maximum absolute atomic E-state index is 14.1. The Hall–Kier alpha value is 0.410. The first-order valence-electron chi connectivity index (χ1n) is 9.96. The van der Waals surface area contributed by atoms with Gasteiger partial charge in [0.05, 0.1) is 39.6 Å². The lowest BCUT2D eigenvalue weighted by Crippen LogP contribution is -2.35. The molecule has 0 unspecified atom stereocenters. The van der Waals surface area contributed by atoms with Crippen LogP contribution in [0.1, 0.15) is 54.4 Å². The SMILES string of the molecule is CCOP(=O)(OCC)C(CCCO)(P(=O)(OCC)OCC)P(=O)(OCC)OCC. The predicted octanol–water partition coefficient (Wildman–Crippen LogP) is 5.21. The fourth-order valence-corrected chi connectivity index (χ4v) is 13.4. The average molecular weight is 482 g/mol. The molecule has 0 saturated carbocycles. The average Bonchev–Trinajstić information content (AvgIpc) is 2.63. The molecule has 0 bridgehead atoms. The van der Waals surface area contributed by atoms with E-state index < -0.39 is 27.4 Å². The van der Waals surface area contributed by atoms with Crippen LogP contribution in [0.15, 0.2) is 0 Å². The normalized spacial score (nSPS) is 13.8. The molecule has 0 radical (unpaired) electrons. The monoisotopic (exact) mass is 482 g/mol. The number of aliphatic hydroxyl groups is 1. The van der Waals surface area contributed by atoms with E-state index in [9.17, 15) is 18.8 Å². The summed E-state index contributed by atoms with van der Waals surface area (Å²) in [6.07, 6.45) is -0.395. The molecule has 0 spiro atoms. The van der Waals surface area contributed by atoms with Crippen LogP contribution in [0.4, 0.5) is 0 Å². The minimum atomic E-state index is -4.49. The highest BCUT2D eigenvalue weighted by atomic mass is 31.3. The van der Waals surface area contributed by atoms with Crippen LogP contribution < -0.4 is 0 Å². The Morgan fingerprint density at radius 3 is 1.00 bits per heavy atom. The minimum absolute atomic E-state index is 0.0432. The fraction of sp³-hybridized carbons (Fsp3) is 1.00. The minimum Gasteiger partial charge on any atom is -0.396 e. The molecule has 0 fully saturated rings. The first-order valence-corrected chi connectivity index (χ1v) is 14.6. The first kappa shape index (κ1) is 29.4. The van der Waals surface area contributed by atoms with E-state index in [2.05, 4.69) is 0 Å². The molecular weight excluding hydrogens is 445 g/mol.